The van der Waals surface area contributed by atoms with E-state index in [1.807, 2.05) is 27.7 Å². The predicted molar refractivity (Wildman–Crippen MR) is 134 cm³/mol. The summed E-state index contributed by atoms with van der Waals surface area (Å²) in [7, 11) is 1.67. The van der Waals surface area contributed by atoms with Crippen molar-refractivity contribution in [2.75, 3.05) is 7.11 Å². The molecule has 0 bridgehead atoms. The average Bonchev–Trinajstić information content (AvgIpc) is 3.13. The number of carboxylic acids is 1. The van der Waals surface area contributed by atoms with Crippen LogP contribution in [0.25, 0.3) is 21.3 Å². The molecule has 1 aromatic carbocycles. The molecular weight excluding hydrogens is 434 g/mol. The molecule has 0 saturated carbocycles. The summed E-state index contributed by atoms with van der Waals surface area (Å²) in [4.78, 5) is 19.8. The van der Waals surface area contributed by atoms with Crippen LogP contribution >= 0.6 is 11.3 Å². The number of ether oxygens (including phenoxy) is 2. The molecule has 3 aromatic rings. The highest BCUT2D eigenvalue weighted by atomic mass is 32.1. The molecule has 1 aliphatic carbocycles. The van der Waals surface area contributed by atoms with Crippen LogP contribution in [-0.4, -0.2) is 28.8 Å². The molecule has 0 amide bonds. The van der Waals surface area contributed by atoms with E-state index in [0.29, 0.717) is 11.3 Å². The van der Waals surface area contributed by atoms with Crippen LogP contribution < -0.4 is 4.74 Å². The van der Waals surface area contributed by atoms with Crippen molar-refractivity contribution >= 4 is 27.5 Å². The summed E-state index contributed by atoms with van der Waals surface area (Å²) in [6.07, 6.45) is 4.12. The Morgan fingerprint density at radius 2 is 1.97 bits per heavy atom. The second-order valence-corrected chi connectivity index (χ2v) is 10.8. The van der Waals surface area contributed by atoms with Crippen LogP contribution in [0, 0.1) is 6.92 Å². The van der Waals surface area contributed by atoms with Crippen molar-refractivity contribution in [3.63, 3.8) is 0 Å². The molecule has 0 spiro atoms. The summed E-state index contributed by atoms with van der Waals surface area (Å²) in [6.45, 7) is 9.65. The van der Waals surface area contributed by atoms with Crippen molar-refractivity contribution in [1.29, 1.82) is 0 Å². The van der Waals surface area contributed by atoms with Gasteiger partial charge >= 0.3 is 5.97 Å². The third kappa shape index (κ3) is 4.51. The van der Waals surface area contributed by atoms with E-state index in [0.717, 1.165) is 52.8 Å². The number of thiophene rings is 1. The first kappa shape index (κ1) is 23.7. The molecule has 33 heavy (non-hydrogen) atoms. The average molecular weight is 468 g/mol. The molecule has 6 heteroatoms. The molecule has 4 rings (SSSR count). The minimum absolute atomic E-state index is 0.624. The van der Waals surface area contributed by atoms with Gasteiger partial charge < -0.3 is 14.6 Å². The zero-order chi connectivity index (χ0) is 23.9. The Labute approximate surface area is 199 Å². The number of pyridine rings is 1. The van der Waals surface area contributed by atoms with Gasteiger partial charge in [-0.1, -0.05) is 19.1 Å². The number of carboxylic acid groups (broad SMARTS) is 1. The van der Waals surface area contributed by atoms with E-state index < -0.39 is 17.7 Å². The Hall–Kier alpha value is -2.44. The number of aliphatic carboxylic acids is 1. The molecule has 176 valence electrons. The third-order valence-electron chi connectivity index (χ3n) is 6.23. The number of fused-ring (bicyclic) bond motifs is 3. The van der Waals surface area contributed by atoms with E-state index in [-0.39, 0.29) is 0 Å². The van der Waals surface area contributed by atoms with E-state index >= 15 is 0 Å². The second-order valence-electron chi connectivity index (χ2n) is 9.71. The molecule has 2 heterocycles. The molecule has 5 nitrogen and oxygen atoms in total. The van der Waals surface area contributed by atoms with Gasteiger partial charge in [0.05, 0.1) is 12.7 Å². The van der Waals surface area contributed by atoms with Crippen LogP contribution in [0.15, 0.2) is 18.2 Å². The van der Waals surface area contributed by atoms with Gasteiger partial charge in [0.2, 0.25) is 0 Å². The zero-order valence-electron chi connectivity index (χ0n) is 20.4. The van der Waals surface area contributed by atoms with Gasteiger partial charge in [0.1, 0.15) is 10.6 Å². The number of methoxy groups -OCH3 is 1. The minimum Gasteiger partial charge on any atom is -0.496 e. The zero-order valence-corrected chi connectivity index (χ0v) is 21.2. The summed E-state index contributed by atoms with van der Waals surface area (Å²) in [5.41, 5.74) is 4.96. The Kier molecular flexibility index (Phi) is 6.52. The lowest BCUT2D eigenvalue weighted by Crippen LogP contribution is -2.28. The lowest BCUT2D eigenvalue weighted by molar-refractivity contribution is -0.160. The third-order valence-corrected chi connectivity index (χ3v) is 7.42. The van der Waals surface area contributed by atoms with Gasteiger partial charge in [0, 0.05) is 32.6 Å². The fourth-order valence-corrected chi connectivity index (χ4v) is 6.08. The fourth-order valence-electron chi connectivity index (χ4n) is 4.77. The highest BCUT2D eigenvalue weighted by Crippen LogP contribution is 2.47. The number of aryl methyl sites for hydroxylation is 4. The largest absolute Gasteiger partial charge is 0.496 e. The number of rotatable bonds is 6. The summed E-state index contributed by atoms with van der Waals surface area (Å²) in [5.74, 6) is -0.262. The van der Waals surface area contributed by atoms with Crippen molar-refractivity contribution in [2.24, 2.45) is 0 Å². The van der Waals surface area contributed by atoms with Crippen molar-refractivity contribution in [1.82, 2.24) is 4.98 Å². The molecule has 1 atom stereocenters. The lowest BCUT2D eigenvalue weighted by atomic mass is 9.87. The number of aromatic nitrogens is 1. The first-order valence-corrected chi connectivity index (χ1v) is 12.5. The molecule has 0 aliphatic heterocycles. The van der Waals surface area contributed by atoms with E-state index in [1.54, 1.807) is 18.4 Å². The maximum absolute atomic E-state index is 12.5. The second kappa shape index (κ2) is 9.07. The van der Waals surface area contributed by atoms with E-state index in [9.17, 15) is 9.90 Å². The van der Waals surface area contributed by atoms with Crippen molar-refractivity contribution in [3.05, 3.63) is 45.5 Å². The van der Waals surface area contributed by atoms with Gasteiger partial charge in [-0.05, 0) is 77.0 Å². The molecule has 1 N–H and O–H groups in total. The quantitative estimate of drug-likeness (QED) is 0.439. The molecule has 2 aromatic heterocycles. The van der Waals surface area contributed by atoms with Crippen molar-refractivity contribution in [2.45, 2.75) is 78.4 Å². The van der Waals surface area contributed by atoms with Gasteiger partial charge in [-0.15, -0.1) is 11.3 Å². The Morgan fingerprint density at radius 3 is 2.61 bits per heavy atom. The Morgan fingerprint density at radius 1 is 1.24 bits per heavy atom. The monoisotopic (exact) mass is 467 g/mol. The number of hydrogen-bond donors (Lipinski definition) is 1. The standard InChI is InChI=1S/C27H33NO4S/c1-7-16-12-13-17(19(14-16)31-6)22-21(24(26(29)30)32-27(3,4)5)15(2)28-25-23(22)18-10-8-9-11-20(18)33-25/h12-14,24H,7-11H2,1-6H3,(H,29,30). The van der Waals surface area contributed by atoms with Crippen LogP contribution in [0.2, 0.25) is 0 Å². The molecular formula is C27H33NO4S. The molecule has 1 aliphatic rings. The van der Waals surface area contributed by atoms with E-state index in [4.69, 9.17) is 14.5 Å². The first-order valence-electron chi connectivity index (χ1n) is 11.7. The molecule has 0 radical (unpaired) electrons. The van der Waals surface area contributed by atoms with Gasteiger partial charge in [-0.3, -0.25) is 0 Å². The van der Waals surface area contributed by atoms with Crippen LogP contribution in [0.3, 0.4) is 0 Å². The molecule has 1 unspecified atom stereocenters. The highest BCUT2D eigenvalue weighted by molar-refractivity contribution is 7.19. The van der Waals surface area contributed by atoms with Crippen molar-refractivity contribution in [3.8, 4) is 16.9 Å². The summed E-state index contributed by atoms with van der Waals surface area (Å²) < 4.78 is 12.0. The predicted octanol–water partition coefficient (Wildman–Crippen LogP) is 6.66. The molecule has 0 saturated heterocycles. The normalized spacial score (nSPS) is 14.8. The summed E-state index contributed by atoms with van der Waals surface area (Å²) in [6, 6.07) is 6.22. The van der Waals surface area contributed by atoms with Crippen LogP contribution in [0.4, 0.5) is 0 Å². The SMILES string of the molecule is CCc1ccc(-c2c(C(OC(C)(C)C)C(=O)O)c(C)nc3sc4c(c23)CCCC4)c(OC)c1. The smallest absolute Gasteiger partial charge is 0.337 e. The van der Waals surface area contributed by atoms with E-state index in [1.165, 1.54) is 22.4 Å². The van der Waals surface area contributed by atoms with Gasteiger partial charge in [0.25, 0.3) is 0 Å². The maximum Gasteiger partial charge on any atom is 0.337 e. The summed E-state index contributed by atoms with van der Waals surface area (Å²) in [5, 5.41) is 11.3. The number of nitrogens with zero attached hydrogens (tertiary/aromatic N) is 1. The van der Waals surface area contributed by atoms with Crippen LogP contribution in [0.5, 0.6) is 5.75 Å². The van der Waals surface area contributed by atoms with Gasteiger partial charge in [0.15, 0.2) is 6.10 Å². The van der Waals surface area contributed by atoms with Gasteiger partial charge in [-0.2, -0.15) is 0 Å². The van der Waals surface area contributed by atoms with E-state index in [2.05, 4.69) is 25.1 Å². The minimum atomic E-state index is -1.13. The maximum atomic E-state index is 12.5. The van der Waals surface area contributed by atoms with Gasteiger partial charge in [-0.25, -0.2) is 9.78 Å². The number of hydrogen-bond acceptors (Lipinski definition) is 5. The van der Waals surface area contributed by atoms with Crippen LogP contribution in [-0.2, 0) is 28.8 Å². The lowest BCUT2D eigenvalue weighted by Gasteiger charge is -2.28. The first-order chi connectivity index (χ1) is 15.6. The topological polar surface area (TPSA) is 68.7 Å². The number of benzene rings is 1. The van der Waals surface area contributed by atoms with Crippen molar-refractivity contribution < 1.29 is 19.4 Å². The van der Waals surface area contributed by atoms with Crippen LogP contribution in [0.1, 0.15) is 73.9 Å². The number of carbonyl (C=O) groups is 1. The molecule has 0 fully saturated rings. The fraction of sp³-hybridized carbons (Fsp3) is 0.481. The summed E-state index contributed by atoms with van der Waals surface area (Å²) >= 11 is 1.75. The Balaban J connectivity index is 2.12. The highest BCUT2D eigenvalue weighted by Gasteiger charge is 2.34. The Bertz CT molecular complexity index is 1210.